The molecule has 4 heteroatoms. The fourth-order valence-electron chi connectivity index (χ4n) is 12.1. The van der Waals surface area contributed by atoms with Crippen LogP contribution in [0.15, 0.2) is 30.3 Å². The van der Waals surface area contributed by atoms with Crippen molar-refractivity contribution in [3.8, 4) is 11.5 Å². The van der Waals surface area contributed by atoms with Crippen molar-refractivity contribution in [2.75, 3.05) is 0 Å². The number of rotatable bonds is 1. The van der Waals surface area contributed by atoms with Crippen LogP contribution in [0.5, 0.6) is 11.5 Å². The van der Waals surface area contributed by atoms with Crippen molar-refractivity contribution in [2.24, 2.45) is 34.5 Å². The quantitative estimate of drug-likeness (QED) is 0.311. The number of phenolic OH excluding ortho intramolecular Hbond substituents is 2. The maximum absolute atomic E-state index is 13.0. The average molecular weight is 543 g/mol. The summed E-state index contributed by atoms with van der Waals surface area (Å²) < 4.78 is 0. The highest BCUT2D eigenvalue weighted by Crippen LogP contribution is 2.69. The summed E-state index contributed by atoms with van der Waals surface area (Å²) in [7, 11) is 0. The topological polar surface area (TPSA) is 80.9 Å². The van der Waals surface area contributed by atoms with Gasteiger partial charge in [-0.2, -0.15) is 0 Å². The molecule has 0 unspecified atom stereocenters. The summed E-state index contributed by atoms with van der Waals surface area (Å²) in [5, 5.41) is 45.0. The second-order valence-electron chi connectivity index (χ2n) is 15.3. The number of benzene rings is 2. The molecule has 214 valence electrons. The SMILES string of the molecule is C[C@]12CC[C@@H]3c4c(cc(O)cc4[C@@]4(O)CC[C@H]5[C@@H]6CCc7cc(O)ccc7[C@H]6CC[C@@]54C)CC[C@H]3[C@@H]1CC[C@H]2O. The Bertz CT molecular complexity index is 1370. The van der Waals surface area contributed by atoms with Crippen molar-refractivity contribution in [1.29, 1.82) is 0 Å². The molecule has 0 bridgehead atoms. The molecule has 0 saturated heterocycles. The maximum Gasteiger partial charge on any atom is 0.116 e. The summed E-state index contributed by atoms with van der Waals surface area (Å²) >= 11 is 0. The summed E-state index contributed by atoms with van der Waals surface area (Å²) in [5.74, 6) is 3.73. The van der Waals surface area contributed by atoms with Crippen LogP contribution in [0.4, 0.5) is 0 Å². The van der Waals surface area contributed by atoms with E-state index >= 15 is 0 Å². The van der Waals surface area contributed by atoms with Crippen LogP contribution < -0.4 is 0 Å². The molecule has 0 aliphatic heterocycles. The number of aromatic hydroxyl groups is 2. The minimum absolute atomic E-state index is 0.0313. The molecule has 0 heterocycles. The van der Waals surface area contributed by atoms with Crippen molar-refractivity contribution < 1.29 is 20.4 Å². The third-order valence-corrected chi connectivity index (χ3v) is 14.1. The van der Waals surface area contributed by atoms with Gasteiger partial charge in [0.1, 0.15) is 11.5 Å². The molecule has 2 aromatic rings. The van der Waals surface area contributed by atoms with E-state index in [1.807, 2.05) is 24.3 Å². The van der Waals surface area contributed by atoms with E-state index in [1.165, 1.54) is 22.3 Å². The number of fused-ring (bicyclic) bond motifs is 10. The van der Waals surface area contributed by atoms with Crippen LogP contribution in [0.1, 0.15) is 118 Å². The Morgan fingerprint density at radius 3 is 2.25 bits per heavy atom. The summed E-state index contributed by atoms with van der Waals surface area (Å²) in [4.78, 5) is 0. The van der Waals surface area contributed by atoms with E-state index in [1.54, 1.807) is 0 Å². The molecule has 6 aliphatic rings. The van der Waals surface area contributed by atoms with E-state index in [2.05, 4.69) is 19.9 Å². The number of aliphatic hydroxyl groups is 2. The molecular formula is C36H46O4. The number of aryl methyl sites for hydroxylation is 2. The first-order valence-electron chi connectivity index (χ1n) is 16.2. The minimum Gasteiger partial charge on any atom is -0.508 e. The lowest BCUT2D eigenvalue weighted by Gasteiger charge is -2.55. The van der Waals surface area contributed by atoms with E-state index in [0.29, 0.717) is 47.0 Å². The first kappa shape index (κ1) is 25.7. The summed E-state index contributed by atoms with van der Waals surface area (Å²) in [6.45, 7) is 4.70. The summed E-state index contributed by atoms with van der Waals surface area (Å²) in [5.41, 5.74) is 5.29. The summed E-state index contributed by atoms with van der Waals surface area (Å²) in [6.07, 6.45) is 12.1. The first-order chi connectivity index (χ1) is 19.1. The van der Waals surface area contributed by atoms with E-state index in [9.17, 15) is 20.4 Å². The van der Waals surface area contributed by atoms with Crippen molar-refractivity contribution >= 4 is 0 Å². The molecule has 4 saturated carbocycles. The second-order valence-corrected chi connectivity index (χ2v) is 15.3. The highest BCUT2D eigenvalue weighted by molar-refractivity contribution is 5.51. The van der Waals surface area contributed by atoms with Gasteiger partial charge in [0.15, 0.2) is 0 Å². The Hall–Kier alpha value is -2.04. The van der Waals surface area contributed by atoms with E-state index in [4.69, 9.17) is 0 Å². The minimum atomic E-state index is -0.932. The lowest BCUT2D eigenvalue weighted by Crippen LogP contribution is -2.50. The molecule has 2 aromatic carbocycles. The molecule has 10 atom stereocenters. The first-order valence-corrected chi connectivity index (χ1v) is 16.2. The van der Waals surface area contributed by atoms with Crippen molar-refractivity contribution in [3.63, 3.8) is 0 Å². The van der Waals surface area contributed by atoms with Gasteiger partial charge < -0.3 is 20.4 Å². The van der Waals surface area contributed by atoms with Crippen LogP contribution in [0.25, 0.3) is 0 Å². The molecule has 0 amide bonds. The van der Waals surface area contributed by atoms with Gasteiger partial charge in [0, 0.05) is 5.41 Å². The third kappa shape index (κ3) is 3.21. The van der Waals surface area contributed by atoms with Gasteiger partial charge in [-0.3, -0.25) is 0 Å². The monoisotopic (exact) mass is 542 g/mol. The summed E-state index contributed by atoms with van der Waals surface area (Å²) in [6, 6.07) is 9.94. The average Bonchev–Trinajstić information content (AvgIpc) is 3.40. The Balaban J connectivity index is 1.19. The molecule has 4 N–H and O–H groups in total. The highest BCUT2D eigenvalue weighted by atomic mass is 16.3. The third-order valence-electron chi connectivity index (χ3n) is 14.1. The Morgan fingerprint density at radius 1 is 0.700 bits per heavy atom. The van der Waals surface area contributed by atoms with Crippen molar-refractivity contribution in [3.05, 3.63) is 58.1 Å². The molecule has 0 spiro atoms. The van der Waals surface area contributed by atoms with Gasteiger partial charge >= 0.3 is 0 Å². The van der Waals surface area contributed by atoms with Crippen molar-refractivity contribution in [2.45, 2.75) is 114 Å². The standard InChI is InChI=1S/C36H46O4/c1-34-14-11-28-27(29(34)9-10-32(34)39)7-4-21-18-23(38)19-31(33(21)28)36(40)16-13-30-26-6-3-20-17-22(37)5-8-24(20)25(26)12-15-35(30,36)2/h5,8,17-19,25-30,32,37-40H,3-4,6-7,9-16H2,1-2H3/t25-,26-,27-,28+,29+,30+,32-,34+,35+,36+/m1/s1. The van der Waals surface area contributed by atoms with Crippen LogP contribution in [-0.4, -0.2) is 26.5 Å². The van der Waals surface area contributed by atoms with Crippen LogP contribution in [0.2, 0.25) is 0 Å². The van der Waals surface area contributed by atoms with E-state index < -0.39 is 5.60 Å². The van der Waals surface area contributed by atoms with Gasteiger partial charge in [-0.1, -0.05) is 19.9 Å². The van der Waals surface area contributed by atoms with Gasteiger partial charge in [0.05, 0.1) is 11.7 Å². The fourth-order valence-corrected chi connectivity index (χ4v) is 12.1. The second kappa shape index (κ2) is 8.51. The number of hydrogen-bond acceptors (Lipinski definition) is 4. The van der Waals surface area contributed by atoms with E-state index in [0.717, 1.165) is 82.6 Å². The van der Waals surface area contributed by atoms with Crippen LogP contribution >= 0.6 is 0 Å². The Morgan fingerprint density at radius 2 is 1.43 bits per heavy atom. The number of hydrogen-bond donors (Lipinski definition) is 4. The molecular weight excluding hydrogens is 496 g/mol. The van der Waals surface area contributed by atoms with Gasteiger partial charge in [-0.05, 0) is 170 Å². The molecule has 40 heavy (non-hydrogen) atoms. The van der Waals surface area contributed by atoms with E-state index in [-0.39, 0.29) is 16.9 Å². The predicted molar refractivity (Wildman–Crippen MR) is 155 cm³/mol. The Labute approximate surface area is 238 Å². The predicted octanol–water partition coefficient (Wildman–Crippen LogP) is 7.06. The zero-order valence-corrected chi connectivity index (χ0v) is 24.2. The number of phenols is 2. The molecule has 4 nitrogen and oxygen atoms in total. The van der Waals surface area contributed by atoms with Crippen LogP contribution in [0.3, 0.4) is 0 Å². The van der Waals surface area contributed by atoms with Gasteiger partial charge in [-0.25, -0.2) is 0 Å². The fraction of sp³-hybridized carbons (Fsp3) is 0.667. The van der Waals surface area contributed by atoms with Gasteiger partial charge in [0.2, 0.25) is 0 Å². The normalized spacial score (nSPS) is 45.0. The molecule has 4 fully saturated rings. The molecule has 8 rings (SSSR count). The van der Waals surface area contributed by atoms with Crippen LogP contribution in [-0.2, 0) is 18.4 Å². The number of aliphatic hydroxyl groups excluding tert-OH is 1. The molecule has 0 radical (unpaired) electrons. The molecule has 6 aliphatic carbocycles. The Kier molecular flexibility index (Phi) is 5.45. The lowest BCUT2D eigenvalue weighted by atomic mass is 9.51. The zero-order chi connectivity index (χ0) is 27.6. The van der Waals surface area contributed by atoms with Gasteiger partial charge in [-0.15, -0.1) is 0 Å². The van der Waals surface area contributed by atoms with Crippen LogP contribution in [0, 0.1) is 34.5 Å². The zero-order valence-electron chi connectivity index (χ0n) is 24.2. The lowest BCUT2D eigenvalue weighted by molar-refractivity contribution is -0.110. The largest absolute Gasteiger partial charge is 0.508 e. The highest BCUT2D eigenvalue weighted by Gasteiger charge is 2.63. The molecule has 0 aromatic heterocycles. The van der Waals surface area contributed by atoms with Crippen molar-refractivity contribution in [1.82, 2.24) is 0 Å². The maximum atomic E-state index is 13.0. The van der Waals surface area contributed by atoms with Gasteiger partial charge in [0.25, 0.3) is 0 Å². The smallest absolute Gasteiger partial charge is 0.116 e.